The van der Waals surface area contributed by atoms with Crippen LogP contribution in [0.5, 0.6) is 0 Å². The molecule has 12 heavy (non-hydrogen) atoms. The van der Waals surface area contributed by atoms with E-state index >= 15 is 0 Å². The maximum atomic E-state index is 12.2. The van der Waals surface area contributed by atoms with Gasteiger partial charge in [-0.3, -0.25) is 0 Å². The number of benzene rings is 1. The SMILES string of the molecule is CCC(N)c1cccc(CF)c1. The van der Waals surface area contributed by atoms with Crippen LogP contribution in [0, 0.1) is 0 Å². The van der Waals surface area contributed by atoms with Crippen LogP contribution in [0.15, 0.2) is 24.3 Å². The molecule has 1 atom stereocenters. The zero-order valence-corrected chi connectivity index (χ0v) is 7.26. The lowest BCUT2D eigenvalue weighted by molar-refractivity contribution is 0.484. The molecule has 2 N–H and O–H groups in total. The molecule has 1 aromatic rings. The Hall–Kier alpha value is -0.890. The van der Waals surface area contributed by atoms with Crippen LogP contribution in [0.25, 0.3) is 0 Å². The second-order valence-electron chi connectivity index (χ2n) is 2.89. The number of nitrogens with two attached hydrogens (primary N) is 1. The van der Waals surface area contributed by atoms with Gasteiger partial charge in [0.1, 0.15) is 6.67 Å². The molecule has 1 rings (SSSR count). The van der Waals surface area contributed by atoms with Crippen molar-refractivity contribution < 1.29 is 4.39 Å². The minimum atomic E-state index is -0.412. The quantitative estimate of drug-likeness (QED) is 0.735. The predicted molar refractivity (Wildman–Crippen MR) is 48.5 cm³/mol. The second kappa shape index (κ2) is 4.21. The van der Waals surface area contributed by atoms with E-state index in [1.165, 1.54) is 0 Å². The fraction of sp³-hybridized carbons (Fsp3) is 0.400. The second-order valence-corrected chi connectivity index (χ2v) is 2.89. The maximum absolute atomic E-state index is 12.2. The lowest BCUT2D eigenvalue weighted by Crippen LogP contribution is -2.08. The lowest BCUT2D eigenvalue weighted by Gasteiger charge is -2.09. The third-order valence-corrected chi connectivity index (χ3v) is 1.97. The van der Waals surface area contributed by atoms with E-state index in [1.807, 2.05) is 25.1 Å². The number of hydrogen-bond donors (Lipinski definition) is 1. The van der Waals surface area contributed by atoms with Gasteiger partial charge in [0, 0.05) is 6.04 Å². The summed E-state index contributed by atoms with van der Waals surface area (Å²) in [5, 5.41) is 0. The van der Waals surface area contributed by atoms with Crippen LogP contribution in [0.3, 0.4) is 0 Å². The molecule has 0 heterocycles. The molecule has 0 spiro atoms. The zero-order chi connectivity index (χ0) is 8.97. The number of halogens is 1. The summed E-state index contributed by atoms with van der Waals surface area (Å²) < 4.78 is 12.2. The lowest BCUT2D eigenvalue weighted by atomic mass is 10.0. The number of alkyl halides is 1. The molecule has 0 radical (unpaired) electrons. The molecule has 2 heteroatoms. The van der Waals surface area contributed by atoms with Crippen LogP contribution in [0.1, 0.15) is 30.5 Å². The minimum Gasteiger partial charge on any atom is -0.324 e. The third kappa shape index (κ3) is 2.05. The molecule has 1 aromatic carbocycles. The first-order valence-electron chi connectivity index (χ1n) is 4.18. The molecule has 0 fully saturated rings. The molecular formula is C10H14FN. The highest BCUT2D eigenvalue weighted by molar-refractivity contribution is 5.25. The molecule has 0 saturated heterocycles. The molecule has 0 aliphatic rings. The van der Waals surface area contributed by atoms with E-state index in [2.05, 4.69) is 0 Å². The van der Waals surface area contributed by atoms with Gasteiger partial charge in [-0.15, -0.1) is 0 Å². The Bertz CT molecular complexity index is 247. The van der Waals surface area contributed by atoms with E-state index in [9.17, 15) is 4.39 Å². The Labute approximate surface area is 72.4 Å². The summed E-state index contributed by atoms with van der Waals surface area (Å²) in [7, 11) is 0. The molecule has 0 amide bonds. The Morgan fingerprint density at radius 3 is 2.83 bits per heavy atom. The Balaban J connectivity index is 2.86. The molecule has 0 saturated carbocycles. The largest absolute Gasteiger partial charge is 0.324 e. The van der Waals surface area contributed by atoms with Crippen LogP contribution in [0.2, 0.25) is 0 Å². The van der Waals surface area contributed by atoms with E-state index in [0.717, 1.165) is 12.0 Å². The monoisotopic (exact) mass is 167 g/mol. The summed E-state index contributed by atoms with van der Waals surface area (Å²) >= 11 is 0. The topological polar surface area (TPSA) is 26.0 Å². The average molecular weight is 167 g/mol. The van der Waals surface area contributed by atoms with Gasteiger partial charge in [0.05, 0.1) is 0 Å². The fourth-order valence-corrected chi connectivity index (χ4v) is 1.14. The van der Waals surface area contributed by atoms with Crippen molar-refractivity contribution in [3.05, 3.63) is 35.4 Å². The molecule has 1 unspecified atom stereocenters. The van der Waals surface area contributed by atoms with Crippen molar-refractivity contribution in [3.63, 3.8) is 0 Å². The van der Waals surface area contributed by atoms with Crippen LogP contribution in [0.4, 0.5) is 4.39 Å². The van der Waals surface area contributed by atoms with Crippen molar-refractivity contribution in [1.29, 1.82) is 0 Å². The molecule has 0 aromatic heterocycles. The maximum Gasteiger partial charge on any atom is 0.115 e. The third-order valence-electron chi connectivity index (χ3n) is 1.97. The zero-order valence-electron chi connectivity index (χ0n) is 7.26. The van der Waals surface area contributed by atoms with Crippen molar-refractivity contribution in [1.82, 2.24) is 0 Å². The van der Waals surface area contributed by atoms with Gasteiger partial charge in [0.25, 0.3) is 0 Å². The van der Waals surface area contributed by atoms with Crippen molar-refractivity contribution in [2.24, 2.45) is 5.73 Å². The molecular weight excluding hydrogens is 153 g/mol. The van der Waals surface area contributed by atoms with Gasteiger partial charge >= 0.3 is 0 Å². The van der Waals surface area contributed by atoms with E-state index in [0.29, 0.717) is 5.56 Å². The summed E-state index contributed by atoms with van der Waals surface area (Å²) in [5.74, 6) is 0. The predicted octanol–water partition coefficient (Wildman–Crippen LogP) is 2.57. The van der Waals surface area contributed by atoms with Gasteiger partial charge in [-0.1, -0.05) is 31.2 Å². The van der Waals surface area contributed by atoms with Gasteiger partial charge in [-0.2, -0.15) is 0 Å². The van der Waals surface area contributed by atoms with Crippen molar-refractivity contribution >= 4 is 0 Å². The van der Waals surface area contributed by atoms with E-state index < -0.39 is 6.67 Å². The summed E-state index contributed by atoms with van der Waals surface area (Å²) in [6.07, 6.45) is 0.885. The molecule has 1 nitrogen and oxygen atoms in total. The average Bonchev–Trinajstić information content (AvgIpc) is 2.17. The van der Waals surface area contributed by atoms with Gasteiger partial charge in [0.15, 0.2) is 0 Å². The minimum absolute atomic E-state index is 0.0384. The first-order chi connectivity index (χ1) is 5.77. The number of rotatable bonds is 3. The summed E-state index contributed by atoms with van der Waals surface area (Å²) in [6.45, 7) is 1.61. The highest BCUT2D eigenvalue weighted by Gasteiger charge is 2.02. The Kier molecular flexibility index (Phi) is 3.23. The van der Waals surface area contributed by atoms with E-state index in [-0.39, 0.29) is 6.04 Å². The fourth-order valence-electron chi connectivity index (χ4n) is 1.14. The van der Waals surface area contributed by atoms with Gasteiger partial charge in [0.2, 0.25) is 0 Å². The summed E-state index contributed by atoms with van der Waals surface area (Å²) in [6, 6.07) is 7.42. The molecule has 0 bridgehead atoms. The van der Waals surface area contributed by atoms with E-state index in [1.54, 1.807) is 6.07 Å². The first kappa shape index (κ1) is 9.20. The van der Waals surface area contributed by atoms with Crippen LogP contribution >= 0.6 is 0 Å². The Morgan fingerprint density at radius 1 is 1.50 bits per heavy atom. The van der Waals surface area contributed by atoms with Crippen molar-refractivity contribution in [2.45, 2.75) is 26.1 Å². The van der Waals surface area contributed by atoms with Crippen LogP contribution in [-0.4, -0.2) is 0 Å². The van der Waals surface area contributed by atoms with Gasteiger partial charge in [-0.25, -0.2) is 4.39 Å². The normalized spacial score (nSPS) is 12.9. The van der Waals surface area contributed by atoms with Gasteiger partial charge in [-0.05, 0) is 17.5 Å². The van der Waals surface area contributed by atoms with Gasteiger partial charge < -0.3 is 5.73 Å². The molecule has 0 aliphatic carbocycles. The van der Waals surface area contributed by atoms with E-state index in [4.69, 9.17) is 5.73 Å². The highest BCUT2D eigenvalue weighted by atomic mass is 19.1. The molecule has 66 valence electrons. The smallest absolute Gasteiger partial charge is 0.115 e. The van der Waals surface area contributed by atoms with Crippen molar-refractivity contribution in [3.8, 4) is 0 Å². The Morgan fingerprint density at radius 2 is 2.25 bits per heavy atom. The highest BCUT2D eigenvalue weighted by Crippen LogP contribution is 2.15. The number of hydrogen-bond acceptors (Lipinski definition) is 1. The van der Waals surface area contributed by atoms with Crippen LogP contribution in [-0.2, 0) is 6.67 Å². The van der Waals surface area contributed by atoms with Crippen LogP contribution < -0.4 is 5.73 Å². The molecule has 0 aliphatic heterocycles. The summed E-state index contributed by atoms with van der Waals surface area (Å²) in [5.41, 5.74) is 7.52. The van der Waals surface area contributed by atoms with Crippen molar-refractivity contribution in [2.75, 3.05) is 0 Å². The summed E-state index contributed by atoms with van der Waals surface area (Å²) in [4.78, 5) is 0. The standard InChI is InChI=1S/C10H14FN/c1-2-10(12)9-5-3-4-8(6-9)7-11/h3-6,10H,2,7,12H2,1H3. The first-order valence-corrected chi connectivity index (χ1v) is 4.18.